The van der Waals surface area contributed by atoms with E-state index in [0.29, 0.717) is 5.92 Å². The van der Waals surface area contributed by atoms with Crippen molar-refractivity contribution in [3.8, 4) is 11.4 Å². The molecule has 110 valence electrons. The van der Waals surface area contributed by atoms with Crippen molar-refractivity contribution in [2.45, 2.75) is 50.7 Å². The van der Waals surface area contributed by atoms with E-state index in [1.54, 1.807) is 6.33 Å². The fourth-order valence-electron chi connectivity index (χ4n) is 3.99. The predicted octanol–water partition coefficient (Wildman–Crippen LogP) is 3.18. The van der Waals surface area contributed by atoms with Gasteiger partial charge >= 0.3 is 0 Å². The molecule has 1 aromatic heterocycles. The van der Waals surface area contributed by atoms with Crippen LogP contribution in [-0.2, 0) is 0 Å². The molecule has 1 saturated carbocycles. The lowest BCUT2D eigenvalue weighted by Crippen LogP contribution is -2.26. The highest BCUT2D eigenvalue weighted by molar-refractivity contribution is 5.65. The largest absolute Gasteiger partial charge is 0.393 e. The number of hydrogen-bond donors (Lipinski definition) is 1. The lowest BCUT2D eigenvalue weighted by molar-refractivity contribution is 0.0686. The quantitative estimate of drug-likeness (QED) is 0.941. The van der Waals surface area contributed by atoms with Crippen molar-refractivity contribution in [2.24, 2.45) is 5.92 Å². The maximum atomic E-state index is 10.7. The monoisotopic (exact) mass is 283 g/mol. The van der Waals surface area contributed by atoms with Crippen molar-refractivity contribution < 1.29 is 5.11 Å². The van der Waals surface area contributed by atoms with Gasteiger partial charge in [-0.15, -0.1) is 10.2 Å². The van der Waals surface area contributed by atoms with E-state index in [4.69, 9.17) is 0 Å². The van der Waals surface area contributed by atoms with Gasteiger partial charge in [0.15, 0.2) is 5.82 Å². The van der Waals surface area contributed by atoms with Gasteiger partial charge in [-0.05, 0) is 30.7 Å². The van der Waals surface area contributed by atoms with Gasteiger partial charge in [0.05, 0.1) is 12.1 Å². The number of aromatic nitrogens is 3. The molecule has 2 atom stereocenters. The summed E-state index contributed by atoms with van der Waals surface area (Å²) in [5, 5.41) is 19.0. The highest BCUT2D eigenvalue weighted by Crippen LogP contribution is 2.41. The first-order valence-electron chi connectivity index (χ1n) is 8.01. The second-order valence-corrected chi connectivity index (χ2v) is 6.37. The minimum Gasteiger partial charge on any atom is -0.393 e. The first-order chi connectivity index (χ1) is 10.3. The molecule has 2 unspecified atom stereocenters. The van der Waals surface area contributed by atoms with Gasteiger partial charge < -0.3 is 9.67 Å². The molecule has 4 nitrogen and oxygen atoms in total. The molecule has 1 N–H and O–H groups in total. The maximum absolute atomic E-state index is 10.7. The standard InChI is InChI=1S/C17H21N3O/c21-16(12-6-2-1-3-7-12)10-15-13-8-4-5-9-14(13)17-19-18-11-20(15)17/h4-5,8-9,11-12,15-16,21H,1-3,6-7,10H2. The molecule has 1 fully saturated rings. The summed E-state index contributed by atoms with van der Waals surface area (Å²) in [5.41, 5.74) is 2.44. The van der Waals surface area contributed by atoms with Crippen LogP contribution >= 0.6 is 0 Å². The Kier molecular flexibility index (Phi) is 3.26. The Morgan fingerprint density at radius 2 is 2.00 bits per heavy atom. The second-order valence-electron chi connectivity index (χ2n) is 6.37. The molecule has 0 saturated heterocycles. The Hall–Kier alpha value is -1.68. The SMILES string of the molecule is OC(CC1c2ccccc2-c2nncn21)C1CCCCC1. The molecule has 0 radical (unpaired) electrons. The van der Waals surface area contributed by atoms with E-state index < -0.39 is 0 Å². The van der Waals surface area contributed by atoms with Crippen molar-refractivity contribution in [1.82, 2.24) is 14.8 Å². The van der Waals surface area contributed by atoms with E-state index in [1.807, 2.05) is 6.07 Å². The highest BCUT2D eigenvalue weighted by atomic mass is 16.3. The number of benzene rings is 1. The van der Waals surface area contributed by atoms with E-state index in [9.17, 15) is 5.11 Å². The molecule has 4 rings (SSSR count). The Labute approximate surface area is 124 Å². The number of aliphatic hydroxyl groups is 1. The number of fused-ring (bicyclic) bond motifs is 3. The van der Waals surface area contributed by atoms with Crippen molar-refractivity contribution in [3.63, 3.8) is 0 Å². The second kappa shape index (κ2) is 5.26. The van der Waals surface area contributed by atoms with Crippen molar-refractivity contribution >= 4 is 0 Å². The molecule has 0 spiro atoms. The van der Waals surface area contributed by atoms with E-state index in [-0.39, 0.29) is 12.1 Å². The van der Waals surface area contributed by atoms with Crippen LogP contribution in [-0.4, -0.2) is 26.0 Å². The summed E-state index contributed by atoms with van der Waals surface area (Å²) in [7, 11) is 0. The molecule has 4 heteroatoms. The molecule has 2 heterocycles. The highest BCUT2D eigenvalue weighted by Gasteiger charge is 2.33. The summed E-state index contributed by atoms with van der Waals surface area (Å²) in [5.74, 6) is 1.40. The zero-order valence-electron chi connectivity index (χ0n) is 12.2. The van der Waals surface area contributed by atoms with Gasteiger partial charge in [0.1, 0.15) is 6.33 Å². The Balaban J connectivity index is 1.60. The summed E-state index contributed by atoms with van der Waals surface area (Å²) < 4.78 is 2.12. The van der Waals surface area contributed by atoms with E-state index in [0.717, 1.165) is 17.8 Å². The van der Waals surface area contributed by atoms with Gasteiger partial charge in [0, 0.05) is 5.56 Å². The molecule has 0 bridgehead atoms. The van der Waals surface area contributed by atoms with Crippen molar-refractivity contribution in [1.29, 1.82) is 0 Å². The minimum atomic E-state index is -0.225. The van der Waals surface area contributed by atoms with Gasteiger partial charge in [0.2, 0.25) is 0 Å². The summed E-state index contributed by atoms with van der Waals surface area (Å²) in [4.78, 5) is 0. The number of rotatable bonds is 3. The third-order valence-corrected chi connectivity index (χ3v) is 5.13. The molecule has 2 aliphatic rings. The third-order valence-electron chi connectivity index (χ3n) is 5.13. The van der Waals surface area contributed by atoms with Crippen LogP contribution in [0.2, 0.25) is 0 Å². The van der Waals surface area contributed by atoms with E-state index >= 15 is 0 Å². The van der Waals surface area contributed by atoms with Gasteiger partial charge in [-0.2, -0.15) is 0 Å². The Morgan fingerprint density at radius 1 is 1.19 bits per heavy atom. The summed E-state index contributed by atoms with van der Waals surface area (Å²) in [6, 6.07) is 8.55. The molecule has 21 heavy (non-hydrogen) atoms. The lowest BCUT2D eigenvalue weighted by Gasteiger charge is -2.28. The van der Waals surface area contributed by atoms with Gasteiger partial charge in [-0.25, -0.2) is 0 Å². The average molecular weight is 283 g/mol. The molecule has 0 amide bonds. The fraction of sp³-hybridized carbons (Fsp3) is 0.529. The van der Waals surface area contributed by atoms with Gasteiger partial charge in [-0.3, -0.25) is 0 Å². The predicted molar refractivity (Wildman–Crippen MR) is 80.8 cm³/mol. The van der Waals surface area contributed by atoms with Crippen LogP contribution in [0.15, 0.2) is 30.6 Å². The van der Waals surface area contributed by atoms with E-state index in [2.05, 4.69) is 33.0 Å². The zero-order chi connectivity index (χ0) is 14.2. The Bertz CT molecular complexity index is 630. The van der Waals surface area contributed by atoms with Crippen LogP contribution in [0.3, 0.4) is 0 Å². The first kappa shape index (κ1) is 13.0. The fourth-order valence-corrected chi connectivity index (χ4v) is 3.99. The number of aliphatic hydroxyl groups excluding tert-OH is 1. The molecule has 1 aliphatic heterocycles. The number of hydrogen-bond acceptors (Lipinski definition) is 3. The topological polar surface area (TPSA) is 50.9 Å². The van der Waals surface area contributed by atoms with Crippen LogP contribution in [0.1, 0.15) is 50.1 Å². The van der Waals surface area contributed by atoms with Crippen molar-refractivity contribution in [2.75, 3.05) is 0 Å². The van der Waals surface area contributed by atoms with Gasteiger partial charge in [0.25, 0.3) is 0 Å². The van der Waals surface area contributed by atoms with Crippen molar-refractivity contribution in [3.05, 3.63) is 36.2 Å². The Morgan fingerprint density at radius 3 is 2.86 bits per heavy atom. The normalized spacial score (nSPS) is 22.8. The van der Waals surface area contributed by atoms with Crippen LogP contribution < -0.4 is 0 Å². The lowest BCUT2D eigenvalue weighted by atomic mass is 9.82. The summed E-state index contributed by atoms with van der Waals surface area (Å²) in [6.45, 7) is 0. The molecule has 1 aliphatic carbocycles. The molecular formula is C17H21N3O. The van der Waals surface area contributed by atoms with Crippen LogP contribution in [0.4, 0.5) is 0 Å². The molecular weight excluding hydrogens is 262 g/mol. The minimum absolute atomic E-state index is 0.183. The van der Waals surface area contributed by atoms with Crippen LogP contribution in [0, 0.1) is 5.92 Å². The van der Waals surface area contributed by atoms with Crippen LogP contribution in [0.25, 0.3) is 11.4 Å². The third kappa shape index (κ3) is 2.18. The summed E-state index contributed by atoms with van der Waals surface area (Å²) >= 11 is 0. The van der Waals surface area contributed by atoms with Crippen LogP contribution in [0.5, 0.6) is 0 Å². The summed E-state index contributed by atoms with van der Waals surface area (Å²) in [6.07, 6.45) is 8.54. The molecule has 1 aromatic carbocycles. The maximum Gasteiger partial charge on any atom is 0.164 e. The zero-order valence-corrected chi connectivity index (χ0v) is 12.2. The van der Waals surface area contributed by atoms with E-state index in [1.165, 1.54) is 37.7 Å². The molecule has 2 aromatic rings. The average Bonchev–Trinajstić information content (AvgIpc) is 3.11. The number of nitrogens with zero attached hydrogens (tertiary/aromatic N) is 3. The first-order valence-corrected chi connectivity index (χ1v) is 8.01. The smallest absolute Gasteiger partial charge is 0.164 e. The van der Waals surface area contributed by atoms with Gasteiger partial charge in [-0.1, -0.05) is 43.5 Å².